The summed E-state index contributed by atoms with van der Waals surface area (Å²) < 4.78 is 13.0. The molecule has 0 spiro atoms. The molecule has 0 aromatic heterocycles. The maximum Gasteiger partial charge on any atom is 0.123 e. The lowest BCUT2D eigenvalue weighted by atomic mass is 9.90. The Morgan fingerprint density at radius 2 is 2.06 bits per heavy atom. The number of aryl methyl sites for hydroxylation is 1. The molecule has 0 nitrogen and oxygen atoms in total. The predicted octanol–water partition coefficient (Wildman–Crippen LogP) is 4.86. The number of hydrogen-bond acceptors (Lipinski definition) is 0. The van der Waals surface area contributed by atoms with Crippen molar-refractivity contribution >= 4 is 11.6 Å². The molecule has 2 rings (SSSR count). The molecular formula is C15H20ClF. The van der Waals surface area contributed by atoms with Crippen molar-refractivity contribution in [2.24, 2.45) is 5.92 Å². The Morgan fingerprint density at radius 1 is 1.29 bits per heavy atom. The van der Waals surface area contributed by atoms with Crippen molar-refractivity contribution in [3.63, 3.8) is 0 Å². The summed E-state index contributed by atoms with van der Waals surface area (Å²) in [5, 5.41) is 0.336. The average Bonchev–Trinajstić information content (AvgIpc) is 2.47. The lowest BCUT2D eigenvalue weighted by molar-refractivity contribution is 0.459. The van der Waals surface area contributed by atoms with Crippen LogP contribution >= 0.6 is 11.6 Å². The van der Waals surface area contributed by atoms with Gasteiger partial charge in [-0.15, -0.1) is 11.6 Å². The van der Waals surface area contributed by atoms with E-state index in [1.54, 1.807) is 12.1 Å². The topological polar surface area (TPSA) is 0 Å². The van der Waals surface area contributed by atoms with E-state index in [2.05, 4.69) is 0 Å². The second-order valence-electron chi connectivity index (χ2n) is 5.26. The molecule has 2 atom stereocenters. The van der Waals surface area contributed by atoms with Crippen LogP contribution in [0.3, 0.4) is 0 Å². The fourth-order valence-electron chi connectivity index (χ4n) is 2.78. The molecule has 1 aliphatic carbocycles. The first-order chi connectivity index (χ1) is 8.15. The lowest BCUT2D eigenvalue weighted by Gasteiger charge is -2.17. The third-order valence-corrected chi connectivity index (χ3v) is 4.18. The van der Waals surface area contributed by atoms with Crippen molar-refractivity contribution in [1.29, 1.82) is 0 Å². The summed E-state index contributed by atoms with van der Waals surface area (Å²) >= 11 is 6.29. The highest BCUT2D eigenvalue weighted by Crippen LogP contribution is 2.29. The number of hydrogen-bond donors (Lipinski definition) is 0. The van der Waals surface area contributed by atoms with Gasteiger partial charge in [-0.1, -0.05) is 25.3 Å². The van der Waals surface area contributed by atoms with Gasteiger partial charge >= 0.3 is 0 Å². The molecular weight excluding hydrogens is 235 g/mol. The quantitative estimate of drug-likeness (QED) is 0.522. The highest BCUT2D eigenvalue weighted by atomic mass is 35.5. The second-order valence-corrected chi connectivity index (χ2v) is 5.88. The minimum atomic E-state index is -0.137. The molecule has 2 unspecified atom stereocenters. The van der Waals surface area contributed by atoms with Gasteiger partial charge in [0.1, 0.15) is 5.82 Å². The molecule has 0 radical (unpaired) electrons. The Bertz CT molecular complexity index is 375. The molecule has 1 aromatic rings. The molecule has 1 aliphatic rings. The van der Waals surface area contributed by atoms with E-state index < -0.39 is 0 Å². The Balaban J connectivity index is 2.03. The van der Waals surface area contributed by atoms with Crippen molar-refractivity contribution in [1.82, 2.24) is 0 Å². The maximum absolute atomic E-state index is 13.0. The van der Waals surface area contributed by atoms with Crippen LogP contribution in [0.4, 0.5) is 4.39 Å². The summed E-state index contributed by atoms with van der Waals surface area (Å²) in [6.07, 6.45) is 7.12. The first-order valence-electron chi connectivity index (χ1n) is 6.54. The van der Waals surface area contributed by atoms with Crippen molar-refractivity contribution in [2.45, 2.75) is 50.8 Å². The van der Waals surface area contributed by atoms with Gasteiger partial charge in [0, 0.05) is 5.38 Å². The van der Waals surface area contributed by atoms with Gasteiger partial charge in [-0.3, -0.25) is 0 Å². The molecule has 0 amide bonds. The molecule has 0 bridgehead atoms. The summed E-state index contributed by atoms with van der Waals surface area (Å²) in [7, 11) is 0. The van der Waals surface area contributed by atoms with Crippen molar-refractivity contribution in [3.05, 3.63) is 35.1 Å². The van der Waals surface area contributed by atoms with Crippen molar-refractivity contribution in [3.8, 4) is 0 Å². The van der Waals surface area contributed by atoms with Gasteiger partial charge in [0.25, 0.3) is 0 Å². The van der Waals surface area contributed by atoms with Gasteiger partial charge in [-0.25, -0.2) is 4.39 Å². The predicted molar refractivity (Wildman–Crippen MR) is 71.1 cm³/mol. The van der Waals surface area contributed by atoms with E-state index in [0.29, 0.717) is 11.3 Å². The maximum atomic E-state index is 13.0. The van der Waals surface area contributed by atoms with E-state index in [-0.39, 0.29) is 5.82 Å². The average molecular weight is 255 g/mol. The molecule has 0 aliphatic heterocycles. The third-order valence-electron chi connectivity index (χ3n) is 3.78. The number of rotatable bonds is 2. The summed E-state index contributed by atoms with van der Waals surface area (Å²) in [5.41, 5.74) is 2.35. The van der Waals surface area contributed by atoms with Gasteiger partial charge < -0.3 is 0 Å². The van der Waals surface area contributed by atoms with Crippen LogP contribution in [0.1, 0.15) is 43.2 Å². The second kappa shape index (κ2) is 5.86. The zero-order valence-electron chi connectivity index (χ0n) is 10.4. The molecule has 0 heterocycles. The fraction of sp³-hybridized carbons (Fsp3) is 0.600. The van der Waals surface area contributed by atoms with Crippen LogP contribution in [-0.4, -0.2) is 5.38 Å². The molecule has 94 valence electrons. The molecule has 0 N–H and O–H groups in total. The summed E-state index contributed by atoms with van der Waals surface area (Å²) in [5.74, 6) is 0.534. The van der Waals surface area contributed by atoms with Crippen LogP contribution in [0.15, 0.2) is 18.2 Å². The standard InChI is InChI=1S/C15H20ClF/c1-11-8-15(17)7-6-13(11)9-12-4-2-3-5-14(16)10-12/h6-8,12,14H,2-5,9-10H2,1H3. The van der Waals surface area contributed by atoms with Gasteiger partial charge in [-0.2, -0.15) is 0 Å². The first kappa shape index (κ1) is 12.9. The molecule has 17 heavy (non-hydrogen) atoms. The Morgan fingerprint density at radius 3 is 2.82 bits per heavy atom. The lowest BCUT2D eigenvalue weighted by Crippen LogP contribution is -2.09. The van der Waals surface area contributed by atoms with Gasteiger partial charge in [0.2, 0.25) is 0 Å². The molecule has 1 fully saturated rings. The molecule has 1 saturated carbocycles. The number of alkyl halides is 1. The molecule has 0 saturated heterocycles. The smallest absolute Gasteiger partial charge is 0.123 e. The summed E-state index contributed by atoms with van der Waals surface area (Å²) in [6, 6.07) is 5.13. The number of halogens is 2. The minimum Gasteiger partial charge on any atom is -0.207 e. The van der Waals surface area contributed by atoms with Crippen LogP contribution in [0.25, 0.3) is 0 Å². The van der Waals surface area contributed by atoms with E-state index >= 15 is 0 Å². The Kier molecular flexibility index (Phi) is 4.44. The van der Waals surface area contributed by atoms with Gasteiger partial charge in [0.05, 0.1) is 0 Å². The van der Waals surface area contributed by atoms with Crippen LogP contribution in [-0.2, 0) is 6.42 Å². The van der Waals surface area contributed by atoms with E-state index in [0.717, 1.165) is 24.8 Å². The van der Waals surface area contributed by atoms with Gasteiger partial charge in [-0.05, 0) is 55.4 Å². The van der Waals surface area contributed by atoms with Crippen LogP contribution in [0.2, 0.25) is 0 Å². The van der Waals surface area contributed by atoms with E-state index in [1.807, 2.05) is 13.0 Å². The van der Waals surface area contributed by atoms with Crippen LogP contribution in [0.5, 0.6) is 0 Å². The van der Waals surface area contributed by atoms with E-state index in [4.69, 9.17) is 11.6 Å². The van der Waals surface area contributed by atoms with Gasteiger partial charge in [0.15, 0.2) is 0 Å². The van der Waals surface area contributed by atoms with Crippen molar-refractivity contribution in [2.75, 3.05) is 0 Å². The Hall–Kier alpha value is -0.560. The first-order valence-corrected chi connectivity index (χ1v) is 6.98. The Labute approximate surface area is 108 Å². The highest BCUT2D eigenvalue weighted by molar-refractivity contribution is 6.20. The number of benzene rings is 1. The highest BCUT2D eigenvalue weighted by Gasteiger charge is 2.19. The SMILES string of the molecule is Cc1cc(F)ccc1CC1CCCCC(Cl)C1. The normalized spacial score (nSPS) is 25.6. The van der Waals surface area contributed by atoms with E-state index in [1.165, 1.54) is 24.8 Å². The van der Waals surface area contributed by atoms with Crippen molar-refractivity contribution < 1.29 is 4.39 Å². The minimum absolute atomic E-state index is 0.137. The van der Waals surface area contributed by atoms with E-state index in [9.17, 15) is 4.39 Å². The molecule has 1 aromatic carbocycles. The zero-order chi connectivity index (χ0) is 12.3. The largest absolute Gasteiger partial charge is 0.207 e. The zero-order valence-corrected chi connectivity index (χ0v) is 11.1. The fourth-order valence-corrected chi connectivity index (χ4v) is 3.19. The summed E-state index contributed by atoms with van der Waals surface area (Å²) in [6.45, 7) is 1.99. The van der Waals surface area contributed by atoms with Crippen LogP contribution in [0, 0.1) is 18.7 Å². The molecule has 2 heteroatoms. The van der Waals surface area contributed by atoms with Crippen LogP contribution < -0.4 is 0 Å². The summed E-state index contributed by atoms with van der Waals surface area (Å²) in [4.78, 5) is 0. The third kappa shape index (κ3) is 3.70. The monoisotopic (exact) mass is 254 g/mol.